The fourth-order valence-electron chi connectivity index (χ4n) is 10.8. The van der Waals surface area contributed by atoms with E-state index in [1.165, 1.54) is 6.92 Å². The van der Waals surface area contributed by atoms with Crippen LogP contribution in [0.2, 0.25) is 0 Å². The zero-order valence-electron chi connectivity index (χ0n) is 85.4. The molecular formula is C109H146O34. The first-order valence-corrected chi connectivity index (χ1v) is 46.1. The molecule has 7 fully saturated rings. The molecule has 7 aliphatic rings. The number of phenolic OH excluding ortho intramolecular Hbond substituents is 3. The molecule has 12 rings (SSSR count). The highest BCUT2D eigenvalue weighted by molar-refractivity contribution is 5.94. The summed E-state index contributed by atoms with van der Waals surface area (Å²) in [4.78, 5) is 121. The molecule has 5 aromatic carbocycles. The monoisotopic (exact) mass is 2000 g/mol. The Kier molecular flexibility index (Phi) is 56.8. The highest BCUT2D eigenvalue weighted by Crippen LogP contribution is 2.39. The number of aliphatic hydroxyl groups excluding tert-OH is 3. The zero-order chi connectivity index (χ0) is 108. The molecule has 6 heterocycles. The lowest BCUT2D eigenvalue weighted by molar-refractivity contribution is -0.167. The van der Waals surface area contributed by atoms with E-state index < -0.39 is 36.6 Å². The van der Waals surface area contributed by atoms with Gasteiger partial charge in [0, 0.05) is 90.5 Å². The molecule has 786 valence electrons. The number of carbonyl (C=O) groups excluding carboxylic acids is 11. The number of ether oxygens (including phenoxy) is 17. The lowest BCUT2D eigenvalue weighted by Crippen LogP contribution is -2.46. The third-order valence-corrected chi connectivity index (χ3v) is 20.6. The molecule has 143 heavy (non-hydrogen) atoms. The van der Waals surface area contributed by atoms with Crippen molar-refractivity contribution in [3.63, 3.8) is 0 Å². The van der Waals surface area contributed by atoms with Gasteiger partial charge in [-0.15, -0.1) is 0 Å². The Bertz CT molecular complexity index is 5100. The average molecular weight is 2000 g/mol. The van der Waals surface area contributed by atoms with E-state index in [2.05, 4.69) is 84.0 Å². The molecule has 6 saturated heterocycles. The topological polar surface area (TPSA) is 479 Å². The van der Waals surface area contributed by atoms with Crippen LogP contribution in [0.15, 0.2) is 231 Å². The van der Waals surface area contributed by atoms with Gasteiger partial charge in [-0.05, 0) is 173 Å². The van der Waals surface area contributed by atoms with Crippen molar-refractivity contribution in [3.05, 3.63) is 247 Å². The summed E-state index contributed by atoms with van der Waals surface area (Å²) in [5.41, 5.74) is 6.73. The van der Waals surface area contributed by atoms with Crippen LogP contribution in [0.3, 0.4) is 0 Å². The van der Waals surface area contributed by atoms with E-state index in [1.807, 2.05) is 69.3 Å². The first kappa shape index (κ1) is 126. The number of aliphatic hydroxyl groups is 3. The van der Waals surface area contributed by atoms with Gasteiger partial charge < -0.3 is 111 Å². The minimum Gasteiger partial charge on any atom is -0.508 e. The number of hydrogen-bond donors (Lipinski definition) is 6. The fourth-order valence-corrected chi connectivity index (χ4v) is 10.8. The Hall–Kier alpha value is -13.0. The quantitative estimate of drug-likeness (QED) is 0.00707. The summed E-state index contributed by atoms with van der Waals surface area (Å²) < 4.78 is 84.8. The Morgan fingerprint density at radius 2 is 0.811 bits per heavy atom. The number of fused-ring (bicyclic) bond motifs is 3. The third-order valence-electron chi connectivity index (χ3n) is 20.6. The standard InChI is InChI=1S/2C15H14O3.C11H12O3.C10H14O3.C10H16O3.2C9H14O3.C8H12O3.C8H14O3.C7H12O4.C7H10O3/c1-10(2)15(17)18-9-11-5-3-7-13-12(11)6-4-8-14(13)16;1-10(2)15(17)18-9-11-7-8-14(16)13-6-4-3-5-12(11)13;1-8(2)11(13)14-7-9-3-5-10(12)6-4-9;1-6(2)10(11)12-7-3-4-8-9(5-7)13-8;1-4-10(5-12-6-10)7-13-9(11)8(2)3;1-7(2)8(10)12-6-9(3)4-11-5-9;1-4-9(6-12-9)5-11-8(10)7(2)3;1-6(2)7(9)10-4-8(3)5-11-8;1-7(2)8(10)11-6-4-3-5-9;1-5(2)7(10)11-4-6(9)3-8;1-5(2)7(8)10-4-6-3-9-6/h2*3-8,16H,1,9H2,2H3;3-6,12H,1,7H2,2H3;7-9H,1,3-5H2,2H3;2,4-7H2,1,3H3;1,4-6H2,2-3H3;2,4-6H2,1,3H3;1,4-5H2,2-3H3;9H,1,3-6H2,2H3;6,8-9H,1,3-4H2,2H3;6H,1,3-4H2,2H3. The number of esters is 11. The zero-order valence-corrected chi connectivity index (χ0v) is 85.4. The maximum atomic E-state index is 11.3. The molecule has 6 N–H and O–H groups in total. The van der Waals surface area contributed by atoms with Gasteiger partial charge in [-0.1, -0.05) is 166 Å². The molecule has 5 aromatic rings. The highest BCUT2D eigenvalue weighted by Gasteiger charge is 2.46. The smallest absolute Gasteiger partial charge is 0.333 e. The van der Waals surface area contributed by atoms with Crippen LogP contribution < -0.4 is 0 Å². The molecule has 7 atom stereocenters. The van der Waals surface area contributed by atoms with Crippen LogP contribution in [0.5, 0.6) is 17.2 Å². The Labute approximate surface area is 838 Å². The summed E-state index contributed by atoms with van der Waals surface area (Å²) in [6, 6.07) is 28.1. The van der Waals surface area contributed by atoms with Crippen LogP contribution in [0.25, 0.3) is 21.5 Å². The molecule has 0 bridgehead atoms. The van der Waals surface area contributed by atoms with E-state index in [0.29, 0.717) is 167 Å². The van der Waals surface area contributed by atoms with Crippen LogP contribution in [-0.4, -0.2) is 244 Å². The van der Waals surface area contributed by atoms with Gasteiger partial charge in [0.15, 0.2) is 0 Å². The van der Waals surface area contributed by atoms with Crippen molar-refractivity contribution < 1.29 is 164 Å². The second kappa shape index (κ2) is 64.5. The molecule has 0 radical (unpaired) electrons. The number of epoxide rings is 4. The molecule has 0 spiro atoms. The molecular weight excluding hydrogens is 1850 g/mol. The number of benzene rings is 5. The van der Waals surface area contributed by atoms with Crippen molar-refractivity contribution in [2.24, 2.45) is 10.8 Å². The summed E-state index contributed by atoms with van der Waals surface area (Å²) in [5, 5.41) is 57.2. The summed E-state index contributed by atoms with van der Waals surface area (Å²) in [6.07, 6.45) is 6.07. The second-order valence-electron chi connectivity index (χ2n) is 35.7. The van der Waals surface area contributed by atoms with Gasteiger partial charge >= 0.3 is 65.7 Å². The highest BCUT2D eigenvalue weighted by atomic mass is 16.6. The van der Waals surface area contributed by atoms with Crippen LogP contribution in [-0.2, 0) is 153 Å². The van der Waals surface area contributed by atoms with Crippen LogP contribution in [0.4, 0.5) is 0 Å². The van der Waals surface area contributed by atoms with Gasteiger partial charge in [0.05, 0.1) is 77.1 Å². The van der Waals surface area contributed by atoms with Crippen LogP contribution in [0.1, 0.15) is 165 Å². The molecule has 1 aliphatic carbocycles. The summed E-state index contributed by atoms with van der Waals surface area (Å²) in [7, 11) is 0. The van der Waals surface area contributed by atoms with E-state index in [0.717, 1.165) is 70.3 Å². The van der Waals surface area contributed by atoms with Crippen molar-refractivity contribution in [1.29, 1.82) is 0 Å². The van der Waals surface area contributed by atoms with Crippen LogP contribution in [0, 0.1) is 10.8 Å². The van der Waals surface area contributed by atoms with E-state index in [1.54, 1.807) is 118 Å². The normalized spacial score (nSPS) is 17.7. The Morgan fingerprint density at radius 1 is 0.406 bits per heavy atom. The molecule has 0 amide bonds. The van der Waals surface area contributed by atoms with E-state index >= 15 is 0 Å². The first-order valence-electron chi connectivity index (χ1n) is 46.1. The summed E-state index contributed by atoms with van der Waals surface area (Å²) >= 11 is 0. The van der Waals surface area contributed by atoms with E-state index in [4.69, 9.17) is 96.2 Å². The summed E-state index contributed by atoms with van der Waals surface area (Å²) in [5.74, 6) is -3.42. The minimum atomic E-state index is -1.00. The van der Waals surface area contributed by atoms with Crippen LogP contribution >= 0.6 is 0 Å². The lowest BCUT2D eigenvalue weighted by Gasteiger charge is -2.39. The van der Waals surface area contributed by atoms with Gasteiger partial charge in [-0.2, -0.15) is 0 Å². The van der Waals surface area contributed by atoms with Crippen molar-refractivity contribution in [2.75, 3.05) is 106 Å². The average Bonchev–Trinajstić information content (AvgIpc) is 1.74. The van der Waals surface area contributed by atoms with Gasteiger partial charge in [-0.25, -0.2) is 52.7 Å². The molecule has 7 unspecified atom stereocenters. The Morgan fingerprint density at radius 3 is 1.23 bits per heavy atom. The SMILES string of the molecule is C=C(C)C(=O)OC1CCC2OC2C1.C=C(C)C(=O)OCC(O)CO.C=C(C)C(=O)OCC1(C)CO1.C=C(C)C(=O)OCC1(C)COC1.C=C(C)C(=O)OCC1(CC)CO1.C=C(C)C(=O)OCC1(CC)COC1.C=C(C)C(=O)OCC1CO1.C=C(C)C(=O)OCCCCO.C=C(C)C(=O)OCc1ccc(O)c2ccccc12.C=C(C)C(=O)OCc1ccc(O)cc1.C=C(C)C(=O)OCc1cccc2c(O)cccc12. The van der Waals surface area contributed by atoms with Gasteiger partial charge in [0.25, 0.3) is 0 Å². The van der Waals surface area contributed by atoms with Crippen molar-refractivity contribution in [2.45, 2.75) is 210 Å². The third kappa shape index (κ3) is 52.0. The van der Waals surface area contributed by atoms with E-state index in [9.17, 15) is 63.0 Å². The maximum Gasteiger partial charge on any atom is 0.333 e. The first-order chi connectivity index (χ1) is 67.2. The lowest BCUT2D eigenvalue weighted by atomic mass is 9.84. The molecule has 1 saturated carbocycles. The number of aromatic hydroxyl groups is 3. The molecule has 34 nitrogen and oxygen atoms in total. The molecule has 6 aliphatic heterocycles. The molecule has 34 heteroatoms. The maximum absolute atomic E-state index is 11.3. The number of rotatable bonds is 37. The molecule has 0 aromatic heterocycles. The Balaban J connectivity index is 0.000000534. The number of unbranched alkanes of at least 4 members (excludes halogenated alkanes) is 1. The van der Waals surface area contributed by atoms with Crippen molar-refractivity contribution in [3.8, 4) is 17.2 Å². The number of hydrogen-bond acceptors (Lipinski definition) is 34. The second-order valence-corrected chi connectivity index (χ2v) is 35.7. The number of phenols is 3. The van der Waals surface area contributed by atoms with Crippen molar-refractivity contribution in [1.82, 2.24) is 0 Å². The van der Waals surface area contributed by atoms with E-state index in [-0.39, 0.29) is 132 Å². The van der Waals surface area contributed by atoms with Crippen molar-refractivity contribution >= 4 is 87.2 Å². The minimum absolute atomic E-state index is 0.0328. The largest absolute Gasteiger partial charge is 0.508 e. The summed E-state index contributed by atoms with van der Waals surface area (Å²) in [6.45, 7) is 71.3. The predicted octanol–water partition coefficient (Wildman–Crippen LogP) is 15.5. The van der Waals surface area contributed by atoms with Gasteiger partial charge in [0.2, 0.25) is 0 Å². The van der Waals surface area contributed by atoms with Gasteiger partial charge in [0.1, 0.15) is 106 Å². The van der Waals surface area contributed by atoms with Gasteiger partial charge in [-0.3, -0.25) is 0 Å². The number of carbonyl (C=O) groups is 11. The fraction of sp³-hybridized carbons (Fsp3) is 0.459. The predicted molar refractivity (Wildman–Crippen MR) is 536 cm³/mol.